The first-order valence-electron chi connectivity index (χ1n) is 5.87. The molecule has 2 rings (SSSR count). The molecule has 0 bridgehead atoms. The molecule has 1 aromatic heterocycles. The maximum Gasteiger partial charge on any atom is 0.196 e. The highest BCUT2D eigenvalue weighted by Crippen LogP contribution is 2.28. The van der Waals surface area contributed by atoms with Crippen molar-refractivity contribution in [3.63, 3.8) is 0 Å². The first-order chi connectivity index (χ1) is 9.08. The molecule has 0 radical (unpaired) electrons. The van der Waals surface area contributed by atoms with E-state index in [1.165, 1.54) is 18.1 Å². The molecule has 1 fully saturated rings. The van der Waals surface area contributed by atoms with E-state index in [1.807, 2.05) is 0 Å². The van der Waals surface area contributed by atoms with E-state index in [0.717, 1.165) is 0 Å². The minimum atomic E-state index is -1.09. The molecule has 0 amide bonds. The third-order valence-electron chi connectivity index (χ3n) is 3.01. The lowest BCUT2D eigenvalue weighted by Crippen LogP contribution is -2.33. The molecule has 19 heavy (non-hydrogen) atoms. The summed E-state index contributed by atoms with van der Waals surface area (Å²) < 4.78 is 11.8. The van der Waals surface area contributed by atoms with Crippen LogP contribution in [0.1, 0.15) is 12.1 Å². The zero-order chi connectivity index (χ0) is 14.0. The second kappa shape index (κ2) is 5.66. The lowest BCUT2D eigenvalue weighted by Gasteiger charge is -2.14. The molecule has 1 unspecified atom stereocenters. The van der Waals surface area contributed by atoms with Crippen molar-refractivity contribution in [3.05, 3.63) is 18.7 Å². The number of hydrogen-bond acceptors (Lipinski definition) is 7. The van der Waals surface area contributed by atoms with Crippen molar-refractivity contribution < 1.29 is 19.7 Å². The summed E-state index contributed by atoms with van der Waals surface area (Å²) in [5.41, 5.74) is 0.556. The minimum Gasteiger partial charge on any atom is -0.387 e. The second-order valence-corrected chi connectivity index (χ2v) is 4.28. The third kappa shape index (κ3) is 2.61. The fourth-order valence-corrected chi connectivity index (χ4v) is 1.90. The third-order valence-corrected chi connectivity index (χ3v) is 3.01. The van der Waals surface area contributed by atoms with Gasteiger partial charge in [-0.3, -0.25) is 0 Å². The van der Waals surface area contributed by atoms with Gasteiger partial charge in [-0.1, -0.05) is 6.58 Å². The Morgan fingerprint density at radius 1 is 1.58 bits per heavy atom. The van der Waals surface area contributed by atoms with Crippen molar-refractivity contribution >= 4 is 5.70 Å². The van der Waals surface area contributed by atoms with Crippen LogP contribution < -0.4 is 5.32 Å². The number of hydrogen-bond donors (Lipinski definition) is 3. The van der Waals surface area contributed by atoms with Crippen molar-refractivity contribution in [2.75, 3.05) is 20.8 Å². The maximum absolute atomic E-state index is 9.96. The summed E-state index contributed by atoms with van der Waals surface area (Å²) in [6.07, 6.45) is -2.07. The average Bonchev–Trinajstić information content (AvgIpc) is 2.99. The van der Waals surface area contributed by atoms with Gasteiger partial charge in [-0.05, 0) is 0 Å². The van der Waals surface area contributed by atoms with Crippen LogP contribution in [-0.4, -0.2) is 64.1 Å². The van der Waals surface area contributed by atoms with E-state index in [4.69, 9.17) is 9.47 Å². The highest BCUT2D eigenvalue weighted by molar-refractivity contribution is 5.53. The van der Waals surface area contributed by atoms with Gasteiger partial charge in [-0.25, -0.2) is 9.67 Å². The first-order valence-corrected chi connectivity index (χ1v) is 5.87. The molecule has 2 heterocycles. The molecule has 0 aliphatic carbocycles. The molecule has 1 aromatic rings. The maximum atomic E-state index is 9.96. The largest absolute Gasteiger partial charge is 0.387 e. The van der Waals surface area contributed by atoms with Crippen molar-refractivity contribution in [1.29, 1.82) is 0 Å². The Balaban J connectivity index is 2.14. The van der Waals surface area contributed by atoms with Gasteiger partial charge in [-0.15, -0.1) is 5.10 Å². The summed E-state index contributed by atoms with van der Waals surface area (Å²) in [5, 5.41) is 26.8. The second-order valence-electron chi connectivity index (χ2n) is 4.28. The predicted molar refractivity (Wildman–Crippen MR) is 65.9 cm³/mol. The van der Waals surface area contributed by atoms with Crippen LogP contribution in [0.15, 0.2) is 12.9 Å². The fourth-order valence-electron chi connectivity index (χ4n) is 1.90. The summed E-state index contributed by atoms with van der Waals surface area (Å²) >= 11 is 0. The molecule has 1 aliphatic rings. The van der Waals surface area contributed by atoms with Gasteiger partial charge in [-0.2, -0.15) is 0 Å². The van der Waals surface area contributed by atoms with Crippen LogP contribution >= 0.6 is 0 Å². The molecular formula is C11H18N4O4. The number of nitrogens with zero attached hydrogens (tertiary/aromatic N) is 3. The standard InChI is InChI=1S/C11H18N4O4/c1-6(12-2)10-13-5-15(14-10)11-9(17)8(16)7(19-11)4-18-3/h5,7-9,11-12,16-17H,1,4H2,2-3H3/t7-,8-,9-,11?/m0/s1. The van der Waals surface area contributed by atoms with Crippen LogP contribution in [0.2, 0.25) is 0 Å². The topological polar surface area (TPSA) is 102 Å². The molecular weight excluding hydrogens is 252 g/mol. The zero-order valence-electron chi connectivity index (χ0n) is 10.9. The number of aliphatic hydroxyl groups excluding tert-OH is 2. The van der Waals surface area contributed by atoms with E-state index in [2.05, 4.69) is 22.0 Å². The van der Waals surface area contributed by atoms with Gasteiger partial charge in [0.1, 0.15) is 24.6 Å². The molecule has 106 valence electrons. The van der Waals surface area contributed by atoms with Crippen LogP contribution in [0, 0.1) is 0 Å². The van der Waals surface area contributed by atoms with Crippen molar-refractivity contribution in [1.82, 2.24) is 20.1 Å². The minimum absolute atomic E-state index is 0.194. The Kier molecular flexibility index (Phi) is 4.15. The van der Waals surface area contributed by atoms with E-state index >= 15 is 0 Å². The fraction of sp³-hybridized carbons (Fsp3) is 0.636. The SMILES string of the molecule is C=C(NC)c1ncn(C2O[C@@H](COC)[C@H](O)[C@@H]2O)n1. The van der Waals surface area contributed by atoms with Gasteiger partial charge in [0, 0.05) is 14.2 Å². The molecule has 3 N–H and O–H groups in total. The normalized spacial score (nSPS) is 30.5. The number of aliphatic hydroxyl groups is 2. The number of aromatic nitrogens is 3. The Hall–Kier alpha value is -1.48. The van der Waals surface area contributed by atoms with Gasteiger partial charge in [0.15, 0.2) is 12.1 Å². The van der Waals surface area contributed by atoms with E-state index in [9.17, 15) is 10.2 Å². The zero-order valence-corrected chi connectivity index (χ0v) is 10.9. The van der Waals surface area contributed by atoms with Crippen LogP contribution in [-0.2, 0) is 9.47 Å². The summed E-state index contributed by atoms with van der Waals surface area (Å²) in [5.74, 6) is 0.406. The van der Waals surface area contributed by atoms with Crippen LogP contribution in [0.4, 0.5) is 0 Å². The molecule has 1 saturated heterocycles. The quantitative estimate of drug-likeness (QED) is 0.613. The van der Waals surface area contributed by atoms with Crippen LogP contribution in [0.25, 0.3) is 5.70 Å². The lowest BCUT2D eigenvalue weighted by molar-refractivity contribution is -0.0648. The molecule has 1 aliphatic heterocycles. The van der Waals surface area contributed by atoms with Crippen LogP contribution in [0.3, 0.4) is 0 Å². The van der Waals surface area contributed by atoms with E-state index < -0.39 is 24.5 Å². The number of ether oxygens (including phenoxy) is 2. The van der Waals surface area contributed by atoms with Crippen molar-refractivity contribution in [2.24, 2.45) is 0 Å². The molecule has 8 heteroatoms. The Morgan fingerprint density at radius 3 is 2.95 bits per heavy atom. The summed E-state index contributed by atoms with van der Waals surface area (Å²) in [6, 6.07) is 0. The van der Waals surface area contributed by atoms with E-state index in [-0.39, 0.29) is 6.61 Å². The van der Waals surface area contributed by atoms with Gasteiger partial charge in [0.2, 0.25) is 0 Å². The van der Waals surface area contributed by atoms with Gasteiger partial charge in [0.05, 0.1) is 12.3 Å². The Morgan fingerprint density at radius 2 is 2.32 bits per heavy atom. The summed E-state index contributed by atoms with van der Waals surface area (Å²) in [7, 11) is 3.21. The molecule has 4 atom stereocenters. The molecule has 8 nitrogen and oxygen atoms in total. The lowest BCUT2D eigenvalue weighted by atomic mass is 10.1. The van der Waals surface area contributed by atoms with Crippen molar-refractivity contribution in [3.8, 4) is 0 Å². The molecule has 0 spiro atoms. The molecule has 0 aromatic carbocycles. The smallest absolute Gasteiger partial charge is 0.196 e. The summed E-state index contributed by atoms with van der Waals surface area (Å²) in [4.78, 5) is 4.05. The highest BCUT2D eigenvalue weighted by Gasteiger charge is 2.44. The number of rotatable bonds is 5. The Bertz CT molecular complexity index is 450. The van der Waals surface area contributed by atoms with Crippen molar-refractivity contribution in [2.45, 2.75) is 24.5 Å². The number of methoxy groups -OCH3 is 1. The van der Waals surface area contributed by atoms with Crippen LogP contribution in [0.5, 0.6) is 0 Å². The molecule has 0 saturated carbocycles. The Labute approximate surface area is 110 Å². The van der Waals surface area contributed by atoms with Gasteiger partial charge < -0.3 is 25.0 Å². The first kappa shape index (κ1) is 13.9. The monoisotopic (exact) mass is 270 g/mol. The number of nitrogens with one attached hydrogen (secondary N) is 1. The van der Waals surface area contributed by atoms with Gasteiger partial charge >= 0.3 is 0 Å². The van der Waals surface area contributed by atoms with E-state index in [1.54, 1.807) is 7.05 Å². The van der Waals surface area contributed by atoms with E-state index in [0.29, 0.717) is 11.5 Å². The van der Waals surface area contributed by atoms with Gasteiger partial charge in [0.25, 0.3) is 0 Å². The predicted octanol–water partition coefficient (Wildman–Crippen LogP) is -1.27. The average molecular weight is 270 g/mol. The highest BCUT2D eigenvalue weighted by atomic mass is 16.6. The summed E-state index contributed by atoms with van der Waals surface area (Å²) in [6.45, 7) is 3.93.